The van der Waals surface area contributed by atoms with Gasteiger partial charge in [-0.2, -0.15) is 5.10 Å². The van der Waals surface area contributed by atoms with Crippen molar-refractivity contribution >= 4 is 58.1 Å². The molecule has 1 aliphatic rings. The molecule has 0 spiro atoms. The molecule has 2 N–H and O–H groups in total. The minimum Gasteiger partial charge on any atom is -0.483 e. The third-order valence-electron chi connectivity index (χ3n) is 4.47. The predicted molar refractivity (Wildman–Crippen MR) is 132 cm³/mol. The van der Waals surface area contributed by atoms with Crippen LogP contribution in [0.4, 0.5) is 5.13 Å². The highest BCUT2D eigenvalue weighted by Gasteiger charge is 2.22. The zero-order chi connectivity index (χ0) is 21.8. The largest absolute Gasteiger partial charge is 0.483 e. The molecule has 0 atom stereocenters. The number of thiazole rings is 1. The highest BCUT2D eigenvalue weighted by atomic mass is 32.2. The summed E-state index contributed by atoms with van der Waals surface area (Å²) in [6, 6.07) is 7.91. The van der Waals surface area contributed by atoms with Gasteiger partial charge in [-0.05, 0) is 25.2 Å². The van der Waals surface area contributed by atoms with Crippen LogP contribution in [0.5, 0.6) is 5.75 Å². The Labute approximate surface area is 197 Å². The molecular formula is C20H21N5O2S4. The molecule has 3 aromatic rings. The highest BCUT2D eigenvalue weighted by Crippen LogP contribution is 2.48. The molecule has 1 saturated heterocycles. The maximum atomic E-state index is 12.5. The normalized spacial score (nSPS) is 14.0. The molecule has 11 heteroatoms. The summed E-state index contributed by atoms with van der Waals surface area (Å²) in [4.78, 5) is 17.8. The van der Waals surface area contributed by atoms with Crippen molar-refractivity contribution < 1.29 is 9.53 Å². The molecule has 1 aromatic carbocycles. The standard InChI is InChI=1S/C20H21N5O2S4/c1-3-8-25-17(23-24-20(25)28)16-12(2)21-19(31-16)22-15(26)11-27-14-7-5-4-6-13(14)18-29-9-10-30-18/h3-7,18H,1,8-11H2,2H3,(H,24,28)(H,21,22,26). The number of para-hydroxylation sites is 1. The van der Waals surface area contributed by atoms with Crippen molar-refractivity contribution in [1.82, 2.24) is 19.7 Å². The Kier molecular flexibility index (Phi) is 7.16. The topological polar surface area (TPSA) is 84.8 Å². The second-order valence-electron chi connectivity index (χ2n) is 6.63. The summed E-state index contributed by atoms with van der Waals surface area (Å²) in [6.45, 7) is 6.09. The first kappa shape index (κ1) is 22.1. The number of nitrogens with zero attached hydrogens (tertiary/aromatic N) is 3. The van der Waals surface area contributed by atoms with Gasteiger partial charge in [0, 0.05) is 23.6 Å². The molecule has 1 aliphatic heterocycles. The van der Waals surface area contributed by atoms with Gasteiger partial charge in [0.05, 0.1) is 15.2 Å². The third-order valence-corrected chi connectivity index (χ3v) is 8.92. The van der Waals surface area contributed by atoms with E-state index >= 15 is 0 Å². The number of H-pyrrole nitrogens is 1. The van der Waals surface area contributed by atoms with E-state index in [0.717, 1.165) is 33.4 Å². The fourth-order valence-electron chi connectivity index (χ4n) is 3.09. The number of nitrogens with one attached hydrogen (secondary N) is 2. The van der Waals surface area contributed by atoms with E-state index < -0.39 is 0 Å². The van der Waals surface area contributed by atoms with Crippen molar-refractivity contribution in [1.29, 1.82) is 0 Å². The molecule has 0 unspecified atom stereocenters. The Morgan fingerprint density at radius 3 is 2.97 bits per heavy atom. The molecule has 4 rings (SSSR count). The molecule has 0 bridgehead atoms. The number of carbonyl (C=O) groups is 1. The maximum Gasteiger partial charge on any atom is 0.264 e. The van der Waals surface area contributed by atoms with Gasteiger partial charge in [0.2, 0.25) is 0 Å². The van der Waals surface area contributed by atoms with Crippen molar-refractivity contribution in [3.63, 3.8) is 0 Å². The highest BCUT2D eigenvalue weighted by molar-refractivity contribution is 8.19. The molecule has 3 heterocycles. The van der Waals surface area contributed by atoms with E-state index in [1.807, 2.05) is 53.2 Å². The third kappa shape index (κ3) is 5.05. The van der Waals surface area contributed by atoms with Gasteiger partial charge in [-0.25, -0.2) is 4.98 Å². The number of thioether (sulfide) groups is 2. The lowest BCUT2D eigenvalue weighted by molar-refractivity contribution is -0.118. The molecule has 0 radical (unpaired) electrons. The fourth-order valence-corrected chi connectivity index (χ4v) is 7.19. The molecule has 0 aliphatic carbocycles. The van der Waals surface area contributed by atoms with Crippen LogP contribution in [0.3, 0.4) is 0 Å². The van der Waals surface area contributed by atoms with Crippen LogP contribution in [0.1, 0.15) is 15.8 Å². The van der Waals surface area contributed by atoms with Gasteiger partial charge in [-0.1, -0.05) is 35.6 Å². The van der Waals surface area contributed by atoms with Crippen molar-refractivity contribution in [3.05, 3.63) is 52.9 Å². The lowest BCUT2D eigenvalue weighted by Crippen LogP contribution is -2.20. The van der Waals surface area contributed by atoms with Gasteiger partial charge in [0.15, 0.2) is 22.3 Å². The van der Waals surface area contributed by atoms with Crippen molar-refractivity contribution in [2.24, 2.45) is 0 Å². The summed E-state index contributed by atoms with van der Waals surface area (Å²) in [6.07, 6.45) is 1.76. The minimum absolute atomic E-state index is 0.0811. The van der Waals surface area contributed by atoms with Gasteiger partial charge in [-0.3, -0.25) is 19.8 Å². The van der Waals surface area contributed by atoms with Gasteiger partial charge in [0.1, 0.15) is 5.75 Å². The Bertz CT molecular complexity index is 1150. The Morgan fingerprint density at radius 2 is 2.19 bits per heavy atom. The number of aromatic amines is 1. The van der Waals surface area contributed by atoms with Gasteiger partial charge < -0.3 is 4.74 Å². The number of amides is 1. The number of hydrogen-bond acceptors (Lipinski definition) is 8. The lowest BCUT2D eigenvalue weighted by Gasteiger charge is -2.14. The molecule has 1 fully saturated rings. The first-order valence-corrected chi connectivity index (χ1v) is 12.9. The average Bonchev–Trinajstić information content (AvgIpc) is 3.49. The number of ether oxygens (including phenoxy) is 1. The van der Waals surface area contributed by atoms with E-state index in [9.17, 15) is 4.79 Å². The lowest BCUT2D eigenvalue weighted by atomic mass is 10.2. The second kappa shape index (κ2) is 10.0. The molecule has 2 aromatic heterocycles. The second-order valence-corrected chi connectivity index (χ2v) is 10.7. The molecule has 0 saturated carbocycles. The Hall–Kier alpha value is -2.08. The van der Waals surface area contributed by atoms with Gasteiger partial charge in [-0.15, -0.1) is 30.1 Å². The van der Waals surface area contributed by atoms with E-state index in [-0.39, 0.29) is 12.5 Å². The number of anilines is 1. The van der Waals surface area contributed by atoms with Crippen molar-refractivity contribution in [2.75, 3.05) is 23.4 Å². The molecular weight excluding hydrogens is 471 g/mol. The van der Waals surface area contributed by atoms with Crippen molar-refractivity contribution in [2.45, 2.75) is 18.1 Å². The number of benzene rings is 1. The number of carbonyl (C=O) groups excluding carboxylic acids is 1. The van der Waals surface area contributed by atoms with E-state index in [1.54, 1.807) is 6.08 Å². The summed E-state index contributed by atoms with van der Waals surface area (Å²) in [5.74, 6) is 3.43. The van der Waals surface area contributed by atoms with Crippen LogP contribution < -0.4 is 10.1 Å². The summed E-state index contributed by atoms with van der Waals surface area (Å²) in [7, 11) is 0. The van der Waals surface area contributed by atoms with Crippen LogP contribution >= 0.6 is 47.1 Å². The number of aryl methyl sites for hydroxylation is 1. The Morgan fingerprint density at radius 1 is 1.42 bits per heavy atom. The number of rotatable bonds is 8. The summed E-state index contributed by atoms with van der Waals surface area (Å²) in [5, 5.41) is 10.4. The minimum atomic E-state index is -0.258. The monoisotopic (exact) mass is 491 g/mol. The molecule has 162 valence electrons. The number of aromatic nitrogens is 4. The van der Waals surface area contributed by atoms with Crippen LogP contribution in [-0.2, 0) is 11.3 Å². The van der Waals surface area contributed by atoms with E-state index in [2.05, 4.69) is 33.1 Å². The summed E-state index contributed by atoms with van der Waals surface area (Å²) >= 11 is 10.4. The number of hydrogen-bond donors (Lipinski definition) is 2. The predicted octanol–water partition coefficient (Wildman–Crippen LogP) is 5.05. The van der Waals surface area contributed by atoms with Crippen LogP contribution in [0.25, 0.3) is 10.7 Å². The SMILES string of the molecule is C=CCn1c(-c2sc(NC(=O)COc3ccccc3C3SCCS3)nc2C)n[nH]c1=S. The van der Waals surface area contributed by atoms with E-state index in [4.69, 9.17) is 17.0 Å². The van der Waals surface area contributed by atoms with Crippen LogP contribution in [0.2, 0.25) is 0 Å². The molecule has 7 nitrogen and oxygen atoms in total. The maximum absolute atomic E-state index is 12.5. The summed E-state index contributed by atoms with van der Waals surface area (Å²) in [5.41, 5.74) is 1.89. The van der Waals surface area contributed by atoms with Crippen LogP contribution in [0.15, 0.2) is 36.9 Å². The zero-order valence-electron chi connectivity index (χ0n) is 16.8. The van der Waals surface area contributed by atoms with Crippen LogP contribution in [0, 0.1) is 11.7 Å². The fraction of sp³-hybridized carbons (Fsp3) is 0.300. The average molecular weight is 492 g/mol. The van der Waals surface area contributed by atoms with E-state index in [0.29, 0.717) is 26.9 Å². The van der Waals surface area contributed by atoms with Gasteiger partial charge in [0.25, 0.3) is 5.91 Å². The van der Waals surface area contributed by atoms with E-state index in [1.165, 1.54) is 11.3 Å². The Balaban J connectivity index is 1.43. The smallest absolute Gasteiger partial charge is 0.264 e. The quantitative estimate of drug-likeness (QED) is 0.337. The van der Waals surface area contributed by atoms with Gasteiger partial charge >= 0.3 is 0 Å². The van der Waals surface area contributed by atoms with Crippen molar-refractivity contribution in [3.8, 4) is 16.5 Å². The van der Waals surface area contributed by atoms with Crippen LogP contribution in [-0.4, -0.2) is 43.8 Å². The first-order valence-electron chi connectivity index (χ1n) is 9.55. The zero-order valence-corrected chi connectivity index (χ0v) is 20.1. The first-order chi connectivity index (χ1) is 15.1. The molecule has 31 heavy (non-hydrogen) atoms. The molecule has 1 amide bonds. The number of allylic oxidation sites excluding steroid dienone is 1. The summed E-state index contributed by atoms with van der Waals surface area (Å²) < 4.78 is 8.56.